The van der Waals surface area contributed by atoms with E-state index in [1.807, 2.05) is 14.1 Å². The molecule has 0 spiro atoms. The van der Waals surface area contributed by atoms with Crippen molar-refractivity contribution in [1.29, 1.82) is 0 Å². The smallest absolute Gasteiger partial charge is 0.251 e. The molecular weight excluding hydrogens is 424 g/mol. The van der Waals surface area contributed by atoms with Crippen LogP contribution in [0.15, 0.2) is 27.6 Å². The maximum Gasteiger partial charge on any atom is 0.251 e. The van der Waals surface area contributed by atoms with Crippen LogP contribution in [0.25, 0.3) is 0 Å². The molecule has 1 aliphatic heterocycles. The quantitative estimate of drug-likeness (QED) is 0.677. The van der Waals surface area contributed by atoms with Crippen molar-refractivity contribution < 1.29 is 9.59 Å². The molecule has 0 bridgehead atoms. The molecule has 2 heterocycles. The second-order valence-electron chi connectivity index (χ2n) is 8.59. The molecule has 1 fully saturated rings. The Morgan fingerprint density at radius 3 is 2.50 bits per heavy atom. The average molecular weight is 455 g/mol. The van der Waals surface area contributed by atoms with Crippen molar-refractivity contribution in [1.82, 2.24) is 19.7 Å². The van der Waals surface area contributed by atoms with Gasteiger partial charge in [0, 0.05) is 48.8 Å². The second kappa shape index (κ2) is 9.69. The number of carbonyl (C=O) groups is 2. The fourth-order valence-corrected chi connectivity index (χ4v) is 4.02. The van der Waals surface area contributed by atoms with Crippen molar-refractivity contribution >= 4 is 27.7 Å². The van der Waals surface area contributed by atoms with Crippen molar-refractivity contribution in [2.24, 2.45) is 11.3 Å². The lowest BCUT2D eigenvalue weighted by atomic mass is 9.91. The number of likely N-dealkylation sites (tertiary alicyclic amines) is 1. The van der Waals surface area contributed by atoms with Crippen LogP contribution in [-0.4, -0.2) is 66.5 Å². The number of halogens is 1. The molecule has 2 rings (SSSR count). The number of nitrogens with zero attached hydrogens (tertiary/aromatic N) is 3. The van der Waals surface area contributed by atoms with Crippen LogP contribution in [0.5, 0.6) is 0 Å². The van der Waals surface area contributed by atoms with Crippen LogP contribution < -0.4 is 10.9 Å². The lowest BCUT2D eigenvalue weighted by Crippen LogP contribution is -2.46. The fraction of sp³-hybridized carbons (Fsp3) is 0.650. The molecule has 0 atom stereocenters. The van der Waals surface area contributed by atoms with Crippen LogP contribution in [0.1, 0.15) is 26.7 Å². The Morgan fingerprint density at radius 2 is 1.89 bits per heavy atom. The van der Waals surface area contributed by atoms with Gasteiger partial charge in [-0.1, -0.05) is 13.8 Å². The summed E-state index contributed by atoms with van der Waals surface area (Å²) in [5.41, 5.74) is -0.196. The minimum atomic E-state index is -0.203. The van der Waals surface area contributed by atoms with Gasteiger partial charge in [0.05, 0.1) is 0 Å². The van der Waals surface area contributed by atoms with Crippen molar-refractivity contribution in [3.63, 3.8) is 0 Å². The number of carbonyl (C=O) groups excluding carboxylic acids is 2. The molecule has 156 valence electrons. The van der Waals surface area contributed by atoms with Gasteiger partial charge in [-0.3, -0.25) is 14.4 Å². The molecule has 0 aromatic carbocycles. The zero-order valence-corrected chi connectivity index (χ0v) is 18.8. The minimum absolute atomic E-state index is 0.00699. The van der Waals surface area contributed by atoms with E-state index < -0.39 is 0 Å². The number of hydrogen-bond acceptors (Lipinski definition) is 4. The van der Waals surface area contributed by atoms with E-state index in [9.17, 15) is 14.4 Å². The predicted molar refractivity (Wildman–Crippen MR) is 113 cm³/mol. The van der Waals surface area contributed by atoms with Crippen LogP contribution >= 0.6 is 15.9 Å². The summed E-state index contributed by atoms with van der Waals surface area (Å²) in [5.74, 6) is -0.0823. The average Bonchev–Trinajstić information content (AvgIpc) is 2.62. The van der Waals surface area contributed by atoms with E-state index in [1.165, 1.54) is 10.6 Å². The first-order valence-electron chi connectivity index (χ1n) is 9.63. The molecule has 1 aliphatic rings. The van der Waals surface area contributed by atoms with Gasteiger partial charge in [0.25, 0.3) is 5.56 Å². The van der Waals surface area contributed by atoms with Crippen LogP contribution in [-0.2, 0) is 16.1 Å². The summed E-state index contributed by atoms with van der Waals surface area (Å²) in [4.78, 5) is 40.7. The maximum atomic E-state index is 12.5. The summed E-state index contributed by atoms with van der Waals surface area (Å²) < 4.78 is 2.16. The predicted octanol–water partition coefficient (Wildman–Crippen LogP) is 1.55. The van der Waals surface area contributed by atoms with E-state index in [-0.39, 0.29) is 35.3 Å². The zero-order chi connectivity index (χ0) is 20.9. The number of piperidine rings is 1. The molecule has 0 radical (unpaired) electrons. The monoisotopic (exact) mass is 454 g/mol. The zero-order valence-electron chi connectivity index (χ0n) is 17.2. The first-order chi connectivity index (χ1) is 13.1. The van der Waals surface area contributed by atoms with Gasteiger partial charge in [-0.2, -0.15) is 0 Å². The number of pyridine rings is 1. The summed E-state index contributed by atoms with van der Waals surface area (Å²) >= 11 is 3.32. The third-order valence-corrected chi connectivity index (χ3v) is 5.43. The lowest BCUT2D eigenvalue weighted by Gasteiger charge is -2.33. The molecule has 28 heavy (non-hydrogen) atoms. The van der Waals surface area contributed by atoms with Gasteiger partial charge in [0.2, 0.25) is 11.8 Å². The summed E-state index contributed by atoms with van der Waals surface area (Å²) in [5, 5.41) is 3.08. The van der Waals surface area contributed by atoms with Crippen LogP contribution in [0.3, 0.4) is 0 Å². The normalized spacial score (nSPS) is 15.7. The molecule has 1 aromatic heterocycles. The molecule has 0 aliphatic carbocycles. The van der Waals surface area contributed by atoms with Crippen molar-refractivity contribution in [3.8, 4) is 0 Å². The van der Waals surface area contributed by atoms with Gasteiger partial charge in [-0.05, 0) is 54.3 Å². The highest BCUT2D eigenvalue weighted by molar-refractivity contribution is 9.10. The fourth-order valence-electron chi connectivity index (χ4n) is 3.65. The molecule has 0 unspecified atom stereocenters. The third kappa shape index (κ3) is 6.74. The van der Waals surface area contributed by atoms with E-state index in [1.54, 1.807) is 17.2 Å². The van der Waals surface area contributed by atoms with Gasteiger partial charge in [0.1, 0.15) is 6.54 Å². The Hall–Kier alpha value is -1.67. The summed E-state index contributed by atoms with van der Waals surface area (Å²) in [6, 6.07) is 3.10. The highest BCUT2D eigenvalue weighted by Gasteiger charge is 2.28. The number of aromatic nitrogens is 1. The highest BCUT2D eigenvalue weighted by atomic mass is 79.9. The standard InChI is InChI=1S/C20H31BrN4O3/c1-20(2,14-23(3)4)13-22-19(28)15-7-9-24(10-8-15)18(27)12-25-11-16(21)5-6-17(25)26/h5-6,11,15H,7-10,12-14H2,1-4H3,(H,22,28). The first-order valence-corrected chi connectivity index (χ1v) is 10.4. The Morgan fingerprint density at radius 1 is 1.25 bits per heavy atom. The first kappa shape index (κ1) is 22.6. The maximum absolute atomic E-state index is 12.5. The molecule has 1 saturated heterocycles. The minimum Gasteiger partial charge on any atom is -0.355 e. The largest absolute Gasteiger partial charge is 0.355 e. The van der Waals surface area contributed by atoms with E-state index in [0.717, 1.165) is 11.0 Å². The Kier molecular flexibility index (Phi) is 7.83. The Labute approximate surface area is 175 Å². The van der Waals surface area contributed by atoms with Gasteiger partial charge in [0.15, 0.2) is 0 Å². The van der Waals surface area contributed by atoms with Gasteiger partial charge >= 0.3 is 0 Å². The molecule has 8 heteroatoms. The van der Waals surface area contributed by atoms with Crippen molar-refractivity contribution in [2.45, 2.75) is 33.2 Å². The molecule has 1 N–H and O–H groups in total. The molecule has 2 amide bonds. The molecule has 7 nitrogen and oxygen atoms in total. The number of rotatable bonds is 7. The number of hydrogen-bond donors (Lipinski definition) is 1. The number of nitrogens with one attached hydrogen (secondary N) is 1. The Balaban J connectivity index is 1.81. The summed E-state index contributed by atoms with van der Waals surface area (Å²) in [6.07, 6.45) is 2.92. The second-order valence-corrected chi connectivity index (χ2v) is 9.50. The number of amides is 2. The van der Waals surface area contributed by atoms with E-state index >= 15 is 0 Å². The van der Waals surface area contributed by atoms with Gasteiger partial charge < -0.3 is 19.7 Å². The van der Waals surface area contributed by atoms with E-state index in [0.29, 0.717) is 32.5 Å². The highest BCUT2D eigenvalue weighted by Crippen LogP contribution is 2.19. The molecular formula is C20H31BrN4O3. The summed E-state index contributed by atoms with van der Waals surface area (Å²) in [6.45, 7) is 6.91. The molecule has 1 aromatic rings. The Bertz CT molecular complexity index is 752. The van der Waals surface area contributed by atoms with Gasteiger partial charge in [-0.15, -0.1) is 0 Å². The van der Waals surface area contributed by atoms with Crippen molar-refractivity contribution in [3.05, 3.63) is 33.2 Å². The van der Waals surface area contributed by atoms with E-state index in [2.05, 4.69) is 40.0 Å². The van der Waals surface area contributed by atoms with Crippen molar-refractivity contribution in [2.75, 3.05) is 40.3 Å². The van der Waals surface area contributed by atoms with Crippen LogP contribution in [0, 0.1) is 11.3 Å². The SMILES string of the molecule is CN(C)CC(C)(C)CNC(=O)C1CCN(C(=O)Cn2cc(Br)ccc2=O)CC1. The topological polar surface area (TPSA) is 74.7 Å². The third-order valence-electron chi connectivity index (χ3n) is 4.96. The molecule has 0 saturated carbocycles. The van der Waals surface area contributed by atoms with Crippen LogP contribution in [0.2, 0.25) is 0 Å². The van der Waals surface area contributed by atoms with E-state index in [4.69, 9.17) is 0 Å². The van der Waals surface area contributed by atoms with Crippen LogP contribution in [0.4, 0.5) is 0 Å². The summed E-state index contributed by atoms with van der Waals surface area (Å²) in [7, 11) is 4.05. The lowest BCUT2D eigenvalue weighted by molar-refractivity contribution is -0.136. The van der Waals surface area contributed by atoms with Gasteiger partial charge in [-0.25, -0.2) is 0 Å².